The summed E-state index contributed by atoms with van der Waals surface area (Å²) in [7, 11) is 1.55. The number of fused-ring (bicyclic) bond motifs is 1. The third-order valence-corrected chi connectivity index (χ3v) is 2.32. The molecule has 0 atom stereocenters. The van der Waals surface area contributed by atoms with E-state index in [1.54, 1.807) is 31.5 Å². The molecule has 0 bridgehead atoms. The molecule has 2 heterocycles. The molecule has 0 aliphatic carbocycles. The molecule has 2 aromatic rings. The van der Waals surface area contributed by atoms with Gasteiger partial charge in [0.2, 0.25) is 5.88 Å². The minimum atomic E-state index is -0.520. The molecule has 18 heavy (non-hydrogen) atoms. The van der Waals surface area contributed by atoms with Crippen molar-refractivity contribution >= 4 is 17.1 Å². The third-order valence-electron chi connectivity index (χ3n) is 2.32. The molecule has 0 saturated heterocycles. The van der Waals surface area contributed by atoms with Gasteiger partial charge in [-0.05, 0) is 32.9 Å². The maximum absolute atomic E-state index is 12.0. The fourth-order valence-electron chi connectivity index (χ4n) is 1.58. The highest BCUT2D eigenvalue weighted by Gasteiger charge is 2.19. The van der Waals surface area contributed by atoms with Crippen molar-refractivity contribution in [3.63, 3.8) is 0 Å². The quantitative estimate of drug-likeness (QED) is 0.778. The molecular formula is C13H16N2O3. The van der Waals surface area contributed by atoms with Gasteiger partial charge in [0.25, 0.3) is 0 Å². The first-order valence-electron chi connectivity index (χ1n) is 5.66. The van der Waals surface area contributed by atoms with Crippen LogP contribution < -0.4 is 4.74 Å². The van der Waals surface area contributed by atoms with Crippen LogP contribution in [-0.4, -0.2) is 28.4 Å². The molecule has 2 rings (SSSR count). The number of aromatic nitrogens is 2. The van der Waals surface area contributed by atoms with E-state index >= 15 is 0 Å². The van der Waals surface area contributed by atoms with E-state index in [1.165, 1.54) is 4.57 Å². The maximum atomic E-state index is 12.0. The number of pyridine rings is 1. The Morgan fingerprint density at radius 2 is 2.00 bits per heavy atom. The van der Waals surface area contributed by atoms with Gasteiger partial charge in [0.05, 0.1) is 18.1 Å². The van der Waals surface area contributed by atoms with E-state index in [9.17, 15) is 4.79 Å². The largest absolute Gasteiger partial charge is 0.481 e. The summed E-state index contributed by atoms with van der Waals surface area (Å²) in [5.74, 6) is 0.518. The Kier molecular flexibility index (Phi) is 2.98. The Bertz CT molecular complexity index is 581. The SMILES string of the molecule is COc1ccc2c(ccn2C(=O)OC(C)(C)C)n1. The van der Waals surface area contributed by atoms with Crippen LogP contribution in [0.25, 0.3) is 11.0 Å². The molecule has 0 spiro atoms. The van der Waals surface area contributed by atoms with E-state index in [0.717, 1.165) is 0 Å². The van der Waals surface area contributed by atoms with Crippen LogP contribution in [0, 0.1) is 0 Å². The van der Waals surface area contributed by atoms with Crippen molar-refractivity contribution in [1.82, 2.24) is 9.55 Å². The third kappa shape index (κ3) is 2.45. The summed E-state index contributed by atoms with van der Waals surface area (Å²) in [6, 6.07) is 5.25. The fourth-order valence-corrected chi connectivity index (χ4v) is 1.58. The van der Waals surface area contributed by atoms with Gasteiger partial charge in [0, 0.05) is 12.3 Å². The van der Waals surface area contributed by atoms with Crippen molar-refractivity contribution < 1.29 is 14.3 Å². The summed E-state index contributed by atoms with van der Waals surface area (Å²) >= 11 is 0. The number of hydrogen-bond acceptors (Lipinski definition) is 4. The lowest BCUT2D eigenvalue weighted by Crippen LogP contribution is -2.26. The molecule has 5 heteroatoms. The molecule has 0 radical (unpaired) electrons. The van der Waals surface area contributed by atoms with Gasteiger partial charge in [0.15, 0.2) is 0 Å². The van der Waals surface area contributed by atoms with Crippen LogP contribution in [0.5, 0.6) is 5.88 Å². The Morgan fingerprint density at radius 1 is 1.28 bits per heavy atom. The maximum Gasteiger partial charge on any atom is 0.419 e. The Morgan fingerprint density at radius 3 is 2.61 bits per heavy atom. The molecule has 0 saturated carbocycles. The first-order valence-corrected chi connectivity index (χ1v) is 5.66. The molecule has 0 unspecified atom stereocenters. The first kappa shape index (κ1) is 12.4. The van der Waals surface area contributed by atoms with E-state index in [2.05, 4.69) is 4.98 Å². The zero-order valence-electron chi connectivity index (χ0n) is 10.9. The molecule has 2 aromatic heterocycles. The summed E-state index contributed by atoms with van der Waals surface area (Å²) in [6.45, 7) is 5.49. The van der Waals surface area contributed by atoms with Crippen molar-refractivity contribution in [2.75, 3.05) is 7.11 Å². The van der Waals surface area contributed by atoms with Gasteiger partial charge in [-0.1, -0.05) is 0 Å². The first-order chi connectivity index (χ1) is 8.40. The van der Waals surface area contributed by atoms with E-state index in [1.807, 2.05) is 20.8 Å². The normalized spacial score (nSPS) is 11.6. The number of carbonyl (C=O) groups excluding carboxylic acids is 1. The van der Waals surface area contributed by atoms with Crippen molar-refractivity contribution in [2.45, 2.75) is 26.4 Å². The van der Waals surface area contributed by atoms with Gasteiger partial charge in [-0.25, -0.2) is 9.78 Å². The van der Waals surface area contributed by atoms with Crippen LogP contribution in [-0.2, 0) is 4.74 Å². The highest BCUT2D eigenvalue weighted by Crippen LogP contribution is 2.19. The number of rotatable bonds is 1. The monoisotopic (exact) mass is 248 g/mol. The van der Waals surface area contributed by atoms with Crippen LogP contribution in [0.4, 0.5) is 4.79 Å². The summed E-state index contributed by atoms with van der Waals surface area (Å²) in [5.41, 5.74) is 0.873. The predicted octanol–water partition coefficient (Wildman–Crippen LogP) is 2.83. The van der Waals surface area contributed by atoms with Gasteiger partial charge in [0.1, 0.15) is 5.60 Å². The zero-order valence-corrected chi connectivity index (χ0v) is 10.9. The Hall–Kier alpha value is -2.04. The molecule has 0 aliphatic heterocycles. The van der Waals surface area contributed by atoms with Crippen LogP contribution in [0.15, 0.2) is 24.4 Å². The molecule has 5 nitrogen and oxygen atoms in total. The second kappa shape index (κ2) is 4.33. The van der Waals surface area contributed by atoms with Gasteiger partial charge >= 0.3 is 6.09 Å². The lowest BCUT2D eigenvalue weighted by molar-refractivity contribution is 0.0544. The lowest BCUT2D eigenvalue weighted by atomic mass is 10.2. The highest BCUT2D eigenvalue weighted by molar-refractivity contribution is 5.87. The second-order valence-electron chi connectivity index (χ2n) is 4.92. The average Bonchev–Trinajstić information content (AvgIpc) is 2.69. The number of nitrogens with zero attached hydrogens (tertiary/aromatic N) is 2. The van der Waals surface area contributed by atoms with Crippen molar-refractivity contribution in [2.24, 2.45) is 0 Å². The van der Waals surface area contributed by atoms with Crippen LogP contribution in [0.1, 0.15) is 20.8 Å². The summed E-state index contributed by atoms with van der Waals surface area (Å²) in [4.78, 5) is 16.2. The molecular weight excluding hydrogens is 232 g/mol. The molecule has 96 valence electrons. The Labute approximate surface area is 105 Å². The number of ether oxygens (including phenoxy) is 2. The smallest absolute Gasteiger partial charge is 0.419 e. The second-order valence-corrected chi connectivity index (χ2v) is 4.92. The number of hydrogen-bond donors (Lipinski definition) is 0. The Balaban J connectivity index is 2.38. The number of carbonyl (C=O) groups is 1. The summed E-state index contributed by atoms with van der Waals surface area (Å²) in [5, 5.41) is 0. The fraction of sp³-hybridized carbons (Fsp3) is 0.385. The lowest BCUT2D eigenvalue weighted by Gasteiger charge is -2.19. The summed E-state index contributed by atoms with van der Waals surface area (Å²) in [6.07, 6.45) is 1.23. The zero-order chi connectivity index (χ0) is 13.3. The van der Waals surface area contributed by atoms with Crippen molar-refractivity contribution in [3.8, 4) is 5.88 Å². The predicted molar refractivity (Wildman–Crippen MR) is 67.9 cm³/mol. The standard InChI is InChI=1S/C13H16N2O3/c1-13(2,3)18-12(16)15-8-7-9-10(15)5-6-11(14-9)17-4/h5-8H,1-4H3. The molecule has 0 aromatic carbocycles. The highest BCUT2D eigenvalue weighted by atomic mass is 16.6. The van der Waals surface area contributed by atoms with E-state index in [4.69, 9.17) is 9.47 Å². The molecule has 0 N–H and O–H groups in total. The van der Waals surface area contributed by atoms with Crippen LogP contribution >= 0.6 is 0 Å². The van der Waals surface area contributed by atoms with E-state index < -0.39 is 11.7 Å². The number of methoxy groups -OCH3 is 1. The van der Waals surface area contributed by atoms with Crippen molar-refractivity contribution in [1.29, 1.82) is 0 Å². The topological polar surface area (TPSA) is 53.4 Å². The summed E-state index contributed by atoms with van der Waals surface area (Å²) < 4.78 is 11.8. The molecule has 0 aliphatic rings. The van der Waals surface area contributed by atoms with E-state index in [-0.39, 0.29) is 0 Å². The van der Waals surface area contributed by atoms with Gasteiger partial charge in [-0.2, -0.15) is 0 Å². The van der Waals surface area contributed by atoms with Gasteiger partial charge in [-0.15, -0.1) is 0 Å². The van der Waals surface area contributed by atoms with Crippen LogP contribution in [0.2, 0.25) is 0 Å². The molecule has 0 amide bonds. The molecule has 0 fully saturated rings. The van der Waals surface area contributed by atoms with Gasteiger partial charge < -0.3 is 9.47 Å². The van der Waals surface area contributed by atoms with Gasteiger partial charge in [-0.3, -0.25) is 4.57 Å². The minimum Gasteiger partial charge on any atom is -0.481 e. The van der Waals surface area contributed by atoms with Crippen molar-refractivity contribution in [3.05, 3.63) is 24.4 Å². The minimum absolute atomic E-state index is 0.413. The van der Waals surface area contributed by atoms with Crippen LogP contribution in [0.3, 0.4) is 0 Å². The van der Waals surface area contributed by atoms with E-state index in [0.29, 0.717) is 16.9 Å². The average molecular weight is 248 g/mol.